The van der Waals surface area contributed by atoms with Gasteiger partial charge in [0.05, 0.1) is 6.04 Å². The van der Waals surface area contributed by atoms with Crippen LogP contribution in [0.3, 0.4) is 0 Å². The van der Waals surface area contributed by atoms with Crippen molar-refractivity contribution >= 4 is 5.91 Å². The highest BCUT2D eigenvalue weighted by Crippen LogP contribution is 2.06. The molecule has 3 heteroatoms. The van der Waals surface area contributed by atoms with E-state index in [0.717, 1.165) is 19.3 Å². The number of primary amides is 1. The molecule has 1 amide bonds. The average Bonchev–Trinajstić information content (AvgIpc) is 2.35. The predicted molar refractivity (Wildman–Crippen MR) is 70.6 cm³/mol. The molecule has 1 aromatic carbocycles. The van der Waals surface area contributed by atoms with Crippen LogP contribution in [0.1, 0.15) is 32.3 Å². The summed E-state index contributed by atoms with van der Waals surface area (Å²) in [5, 5.41) is 3.26. The third-order valence-corrected chi connectivity index (χ3v) is 3.01. The maximum atomic E-state index is 11.3. The van der Waals surface area contributed by atoms with Crippen molar-refractivity contribution in [2.45, 2.75) is 45.2 Å². The zero-order chi connectivity index (χ0) is 12.7. The molecule has 0 aliphatic rings. The van der Waals surface area contributed by atoms with Crippen LogP contribution in [0.15, 0.2) is 30.3 Å². The Morgan fingerprint density at radius 2 is 2.00 bits per heavy atom. The monoisotopic (exact) mass is 234 g/mol. The standard InChI is InChI=1S/C14H22N2O/c1-3-11(2)16-13(14(15)17)10-9-12-7-5-4-6-8-12/h4-8,11,13,16H,3,9-10H2,1-2H3,(H2,15,17). The van der Waals surface area contributed by atoms with Gasteiger partial charge in [0.1, 0.15) is 0 Å². The molecule has 2 unspecified atom stereocenters. The van der Waals surface area contributed by atoms with E-state index >= 15 is 0 Å². The molecule has 17 heavy (non-hydrogen) atoms. The van der Waals surface area contributed by atoms with Gasteiger partial charge in [0, 0.05) is 6.04 Å². The zero-order valence-corrected chi connectivity index (χ0v) is 10.6. The number of nitrogens with two attached hydrogens (primary N) is 1. The molecule has 0 bridgehead atoms. The second-order valence-corrected chi connectivity index (χ2v) is 4.46. The van der Waals surface area contributed by atoms with Crippen LogP contribution in [0.5, 0.6) is 0 Å². The molecule has 0 aliphatic carbocycles. The van der Waals surface area contributed by atoms with Crippen LogP contribution in [-0.2, 0) is 11.2 Å². The van der Waals surface area contributed by atoms with Gasteiger partial charge in [-0.1, -0.05) is 37.3 Å². The summed E-state index contributed by atoms with van der Waals surface area (Å²) >= 11 is 0. The number of carbonyl (C=O) groups excluding carboxylic acids is 1. The number of rotatable bonds is 7. The van der Waals surface area contributed by atoms with Gasteiger partial charge in [-0.2, -0.15) is 0 Å². The number of carbonyl (C=O) groups is 1. The lowest BCUT2D eigenvalue weighted by atomic mass is 10.0. The van der Waals surface area contributed by atoms with Crippen LogP contribution in [0.4, 0.5) is 0 Å². The summed E-state index contributed by atoms with van der Waals surface area (Å²) in [6.45, 7) is 4.16. The molecule has 3 N–H and O–H groups in total. The molecule has 1 aromatic rings. The van der Waals surface area contributed by atoms with Gasteiger partial charge in [-0.15, -0.1) is 0 Å². The molecule has 3 nitrogen and oxygen atoms in total. The Balaban J connectivity index is 2.47. The Labute approximate surface area is 103 Å². The van der Waals surface area contributed by atoms with Crippen LogP contribution < -0.4 is 11.1 Å². The predicted octanol–water partition coefficient (Wildman–Crippen LogP) is 1.86. The summed E-state index contributed by atoms with van der Waals surface area (Å²) in [7, 11) is 0. The van der Waals surface area contributed by atoms with E-state index in [0.29, 0.717) is 6.04 Å². The highest BCUT2D eigenvalue weighted by Gasteiger charge is 2.16. The lowest BCUT2D eigenvalue weighted by Crippen LogP contribution is -2.45. The van der Waals surface area contributed by atoms with Gasteiger partial charge >= 0.3 is 0 Å². The molecular weight excluding hydrogens is 212 g/mol. The topological polar surface area (TPSA) is 55.1 Å². The summed E-state index contributed by atoms with van der Waals surface area (Å²) in [4.78, 5) is 11.3. The largest absolute Gasteiger partial charge is 0.368 e. The fraction of sp³-hybridized carbons (Fsp3) is 0.500. The third kappa shape index (κ3) is 5.00. The Morgan fingerprint density at radius 1 is 1.35 bits per heavy atom. The molecule has 0 heterocycles. The number of aryl methyl sites for hydroxylation is 1. The molecule has 0 aliphatic heterocycles. The minimum atomic E-state index is -0.263. The third-order valence-electron chi connectivity index (χ3n) is 3.01. The molecule has 1 rings (SSSR count). The van der Waals surface area contributed by atoms with Gasteiger partial charge in [0.25, 0.3) is 0 Å². The number of amides is 1. The van der Waals surface area contributed by atoms with Gasteiger partial charge in [-0.3, -0.25) is 4.79 Å². The first-order valence-electron chi connectivity index (χ1n) is 6.22. The van der Waals surface area contributed by atoms with Crippen molar-refractivity contribution in [3.63, 3.8) is 0 Å². The summed E-state index contributed by atoms with van der Waals surface area (Å²) < 4.78 is 0. The molecule has 0 saturated carbocycles. The van der Waals surface area contributed by atoms with Crippen molar-refractivity contribution < 1.29 is 4.79 Å². The van der Waals surface area contributed by atoms with Gasteiger partial charge in [0.15, 0.2) is 0 Å². The van der Waals surface area contributed by atoms with Gasteiger partial charge in [-0.05, 0) is 31.7 Å². The smallest absolute Gasteiger partial charge is 0.234 e. The number of hydrogen-bond donors (Lipinski definition) is 2. The van der Waals surface area contributed by atoms with Crippen molar-refractivity contribution in [1.82, 2.24) is 5.32 Å². The second-order valence-electron chi connectivity index (χ2n) is 4.46. The van der Waals surface area contributed by atoms with Crippen LogP contribution in [0.2, 0.25) is 0 Å². The first-order valence-corrected chi connectivity index (χ1v) is 6.22. The number of nitrogens with one attached hydrogen (secondary N) is 1. The van der Waals surface area contributed by atoms with Crippen LogP contribution in [0, 0.1) is 0 Å². The van der Waals surface area contributed by atoms with Crippen molar-refractivity contribution in [1.29, 1.82) is 0 Å². The summed E-state index contributed by atoms with van der Waals surface area (Å²) in [5.41, 5.74) is 6.64. The van der Waals surface area contributed by atoms with Crippen LogP contribution >= 0.6 is 0 Å². The molecule has 0 fully saturated rings. The average molecular weight is 234 g/mol. The SMILES string of the molecule is CCC(C)NC(CCc1ccccc1)C(N)=O. The summed E-state index contributed by atoms with van der Waals surface area (Å²) in [6.07, 6.45) is 2.62. The Morgan fingerprint density at radius 3 is 2.53 bits per heavy atom. The van der Waals surface area contributed by atoms with E-state index in [-0.39, 0.29) is 11.9 Å². The first-order chi connectivity index (χ1) is 8.13. The van der Waals surface area contributed by atoms with Crippen molar-refractivity contribution in [2.75, 3.05) is 0 Å². The van der Waals surface area contributed by atoms with E-state index in [9.17, 15) is 4.79 Å². The van der Waals surface area contributed by atoms with E-state index in [1.165, 1.54) is 5.56 Å². The zero-order valence-electron chi connectivity index (χ0n) is 10.6. The fourth-order valence-electron chi connectivity index (χ4n) is 1.72. The Bertz CT molecular complexity index is 337. The van der Waals surface area contributed by atoms with Gasteiger partial charge < -0.3 is 11.1 Å². The quantitative estimate of drug-likeness (QED) is 0.756. The van der Waals surface area contributed by atoms with Gasteiger partial charge in [0.2, 0.25) is 5.91 Å². The first kappa shape index (κ1) is 13.7. The minimum Gasteiger partial charge on any atom is -0.368 e. The van der Waals surface area contributed by atoms with Crippen LogP contribution in [-0.4, -0.2) is 18.0 Å². The van der Waals surface area contributed by atoms with Crippen molar-refractivity contribution in [3.05, 3.63) is 35.9 Å². The van der Waals surface area contributed by atoms with E-state index in [2.05, 4.69) is 31.3 Å². The summed E-state index contributed by atoms with van der Waals surface area (Å²) in [5.74, 6) is -0.263. The molecule has 0 spiro atoms. The van der Waals surface area contributed by atoms with E-state index < -0.39 is 0 Å². The van der Waals surface area contributed by atoms with Crippen LogP contribution in [0.25, 0.3) is 0 Å². The fourth-order valence-corrected chi connectivity index (χ4v) is 1.72. The molecule has 2 atom stereocenters. The lowest BCUT2D eigenvalue weighted by molar-refractivity contribution is -0.120. The maximum Gasteiger partial charge on any atom is 0.234 e. The Hall–Kier alpha value is -1.35. The minimum absolute atomic E-state index is 0.231. The van der Waals surface area contributed by atoms with E-state index in [4.69, 9.17) is 5.73 Å². The normalized spacial score (nSPS) is 14.2. The lowest BCUT2D eigenvalue weighted by Gasteiger charge is -2.19. The highest BCUT2D eigenvalue weighted by molar-refractivity contribution is 5.79. The highest BCUT2D eigenvalue weighted by atomic mass is 16.1. The molecule has 0 saturated heterocycles. The molecule has 0 radical (unpaired) electrons. The van der Waals surface area contributed by atoms with Crippen molar-refractivity contribution in [2.24, 2.45) is 5.73 Å². The maximum absolute atomic E-state index is 11.3. The molecule has 0 aromatic heterocycles. The Kier molecular flexibility index (Phi) is 5.70. The van der Waals surface area contributed by atoms with Crippen molar-refractivity contribution in [3.8, 4) is 0 Å². The van der Waals surface area contributed by atoms with E-state index in [1.54, 1.807) is 0 Å². The number of benzene rings is 1. The molecular formula is C14H22N2O. The second kappa shape index (κ2) is 7.07. The van der Waals surface area contributed by atoms with Gasteiger partial charge in [-0.25, -0.2) is 0 Å². The molecule has 94 valence electrons. The number of hydrogen-bond acceptors (Lipinski definition) is 2. The summed E-state index contributed by atoms with van der Waals surface area (Å²) in [6, 6.07) is 10.2. The van der Waals surface area contributed by atoms with E-state index in [1.807, 2.05) is 18.2 Å².